The maximum atomic E-state index is 12.3. The van der Waals surface area contributed by atoms with Gasteiger partial charge in [0.1, 0.15) is 5.75 Å². The van der Waals surface area contributed by atoms with Crippen LogP contribution in [0.4, 0.5) is 4.79 Å². The number of ether oxygens (including phenoxy) is 1. The van der Waals surface area contributed by atoms with Crippen LogP contribution in [-0.4, -0.2) is 36.7 Å². The normalized spacial score (nSPS) is 16.1. The SMILES string of the molecule is CC(C)N(CC1CCNCC1)C(=O)Oc1ccccc1. The van der Waals surface area contributed by atoms with Gasteiger partial charge in [-0.2, -0.15) is 0 Å². The van der Waals surface area contributed by atoms with Crippen molar-refractivity contribution in [2.45, 2.75) is 32.7 Å². The molecule has 1 fully saturated rings. The van der Waals surface area contributed by atoms with Gasteiger partial charge in [-0.05, 0) is 57.8 Å². The lowest BCUT2D eigenvalue weighted by Crippen LogP contribution is -2.44. The van der Waals surface area contributed by atoms with Crippen LogP contribution in [0.15, 0.2) is 30.3 Å². The van der Waals surface area contributed by atoms with Crippen molar-refractivity contribution in [2.24, 2.45) is 5.92 Å². The van der Waals surface area contributed by atoms with Crippen LogP contribution in [-0.2, 0) is 0 Å². The van der Waals surface area contributed by atoms with Gasteiger partial charge in [0, 0.05) is 12.6 Å². The van der Waals surface area contributed by atoms with Crippen LogP contribution in [0.1, 0.15) is 26.7 Å². The van der Waals surface area contributed by atoms with E-state index in [1.807, 2.05) is 36.9 Å². The van der Waals surface area contributed by atoms with Gasteiger partial charge in [0.05, 0.1) is 0 Å². The topological polar surface area (TPSA) is 41.6 Å². The molecule has 1 amide bonds. The Labute approximate surface area is 121 Å². The van der Waals surface area contributed by atoms with Gasteiger partial charge < -0.3 is 15.0 Å². The van der Waals surface area contributed by atoms with E-state index < -0.39 is 0 Å². The summed E-state index contributed by atoms with van der Waals surface area (Å²) >= 11 is 0. The number of hydrogen-bond acceptors (Lipinski definition) is 3. The fraction of sp³-hybridized carbons (Fsp3) is 0.562. The van der Waals surface area contributed by atoms with Crippen molar-refractivity contribution >= 4 is 6.09 Å². The summed E-state index contributed by atoms with van der Waals surface area (Å²) in [7, 11) is 0. The molecule has 0 radical (unpaired) electrons. The van der Waals surface area contributed by atoms with Gasteiger partial charge in [0.2, 0.25) is 0 Å². The second-order valence-corrected chi connectivity index (χ2v) is 5.62. The molecule has 0 unspecified atom stereocenters. The number of nitrogens with one attached hydrogen (secondary N) is 1. The van der Waals surface area contributed by atoms with E-state index >= 15 is 0 Å². The summed E-state index contributed by atoms with van der Waals surface area (Å²) in [6, 6.07) is 9.42. The molecule has 1 aliphatic rings. The molecule has 20 heavy (non-hydrogen) atoms. The van der Waals surface area contributed by atoms with Crippen molar-refractivity contribution in [3.63, 3.8) is 0 Å². The number of hydrogen-bond donors (Lipinski definition) is 1. The molecule has 0 saturated carbocycles. The summed E-state index contributed by atoms with van der Waals surface area (Å²) in [5, 5.41) is 3.35. The highest BCUT2D eigenvalue weighted by atomic mass is 16.6. The van der Waals surface area contributed by atoms with Crippen molar-refractivity contribution in [3.8, 4) is 5.75 Å². The van der Waals surface area contributed by atoms with E-state index in [0.717, 1.165) is 32.5 Å². The number of rotatable bonds is 4. The number of amides is 1. The summed E-state index contributed by atoms with van der Waals surface area (Å²) in [4.78, 5) is 14.2. The molecule has 1 aliphatic heterocycles. The van der Waals surface area contributed by atoms with Crippen molar-refractivity contribution in [2.75, 3.05) is 19.6 Å². The largest absolute Gasteiger partial charge is 0.415 e. The second-order valence-electron chi connectivity index (χ2n) is 5.62. The Hall–Kier alpha value is -1.55. The Kier molecular flexibility index (Phi) is 5.41. The van der Waals surface area contributed by atoms with E-state index in [-0.39, 0.29) is 12.1 Å². The molecular formula is C16H24N2O2. The van der Waals surface area contributed by atoms with Crippen LogP contribution in [0.2, 0.25) is 0 Å². The van der Waals surface area contributed by atoms with Gasteiger partial charge in [-0.15, -0.1) is 0 Å². The molecule has 4 heteroatoms. The number of carbonyl (C=O) groups excluding carboxylic acids is 1. The molecule has 1 aromatic carbocycles. The molecule has 0 bridgehead atoms. The predicted molar refractivity (Wildman–Crippen MR) is 79.9 cm³/mol. The Bertz CT molecular complexity index is 414. The van der Waals surface area contributed by atoms with Crippen molar-refractivity contribution in [1.82, 2.24) is 10.2 Å². The van der Waals surface area contributed by atoms with E-state index in [4.69, 9.17) is 4.74 Å². The van der Waals surface area contributed by atoms with E-state index in [2.05, 4.69) is 5.32 Å². The van der Waals surface area contributed by atoms with Gasteiger partial charge in [0.15, 0.2) is 0 Å². The highest BCUT2D eigenvalue weighted by Crippen LogP contribution is 2.17. The lowest BCUT2D eigenvalue weighted by Gasteiger charge is -2.32. The van der Waals surface area contributed by atoms with Crippen molar-refractivity contribution in [1.29, 1.82) is 0 Å². The summed E-state index contributed by atoms with van der Waals surface area (Å²) < 4.78 is 5.45. The zero-order chi connectivity index (χ0) is 14.4. The van der Waals surface area contributed by atoms with Gasteiger partial charge >= 0.3 is 6.09 Å². The Morgan fingerprint density at radius 3 is 2.55 bits per heavy atom. The van der Waals surface area contributed by atoms with E-state index in [1.165, 1.54) is 0 Å². The van der Waals surface area contributed by atoms with Crippen LogP contribution in [0, 0.1) is 5.92 Å². The van der Waals surface area contributed by atoms with Gasteiger partial charge in [-0.1, -0.05) is 18.2 Å². The zero-order valence-electron chi connectivity index (χ0n) is 12.3. The molecule has 0 atom stereocenters. The van der Waals surface area contributed by atoms with E-state index in [9.17, 15) is 4.79 Å². The van der Waals surface area contributed by atoms with Crippen LogP contribution in [0.25, 0.3) is 0 Å². The van der Waals surface area contributed by atoms with Crippen molar-refractivity contribution < 1.29 is 9.53 Å². The minimum absolute atomic E-state index is 0.154. The first-order valence-electron chi connectivity index (χ1n) is 7.41. The number of nitrogens with zero attached hydrogens (tertiary/aromatic N) is 1. The molecule has 0 aromatic heterocycles. The van der Waals surface area contributed by atoms with Crippen LogP contribution < -0.4 is 10.1 Å². The van der Waals surface area contributed by atoms with E-state index in [0.29, 0.717) is 11.7 Å². The Morgan fingerprint density at radius 2 is 1.95 bits per heavy atom. The fourth-order valence-electron chi connectivity index (χ4n) is 2.49. The molecule has 1 saturated heterocycles. The van der Waals surface area contributed by atoms with E-state index in [1.54, 1.807) is 12.1 Å². The van der Waals surface area contributed by atoms with Crippen molar-refractivity contribution in [3.05, 3.63) is 30.3 Å². The average Bonchev–Trinajstić information content (AvgIpc) is 2.46. The summed E-state index contributed by atoms with van der Waals surface area (Å²) in [6.07, 6.45) is 2.01. The highest BCUT2D eigenvalue weighted by molar-refractivity contribution is 5.71. The van der Waals surface area contributed by atoms with Crippen LogP contribution in [0.5, 0.6) is 5.75 Å². The maximum Gasteiger partial charge on any atom is 0.415 e. The van der Waals surface area contributed by atoms with Crippen LogP contribution >= 0.6 is 0 Å². The van der Waals surface area contributed by atoms with Crippen LogP contribution in [0.3, 0.4) is 0 Å². The third-order valence-electron chi connectivity index (χ3n) is 3.72. The van der Waals surface area contributed by atoms with Gasteiger partial charge in [-0.3, -0.25) is 0 Å². The lowest BCUT2D eigenvalue weighted by atomic mass is 9.97. The first-order valence-corrected chi connectivity index (χ1v) is 7.41. The first kappa shape index (κ1) is 14.9. The predicted octanol–water partition coefficient (Wildman–Crippen LogP) is 2.90. The number of benzene rings is 1. The number of piperidine rings is 1. The molecule has 1 heterocycles. The molecular weight excluding hydrogens is 252 g/mol. The summed E-state index contributed by atoms with van der Waals surface area (Å²) in [6.45, 7) is 6.94. The quantitative estimate of drug-likeness (QED) is 0.919. The molecule has 0 spiro atoms. The standard InChI is InChI=1S/C16H24N2O2/c1-13(2)18(12-14-8-10-17-11-9-14)16(19)20-15-6-4-3-5-7-15/h3-7,13-14,17H,8-12H2,1-2H3. The third-order valence-corrected chi connectivity index (χ3v) is 3.72. The molecule has 110 valence electrons. The molecule has 4 nitrogen and oxygen atoms in total. The Balaban J connectivity index is 1.95. The molecule has 2 rings (SSSR count). The fourth-order valence-corrected chi connectivity index (χ4v) is 2.49. The summed E-state index contributed by atoms with van der Waals surface area (Å²) in [5.74, 6) is 1.18. The third kappa shape index (κ3) is 4.23. The molecule has 0 aliphatic carbocycles. The zero-order valence-corrected chi connectivity index (χ0v) is 12.3. The number of para-hydroxylation sites is 1. The van der Waals surface area contributed by atoms with Gasteiger partial charge in [0.25, 0.3) is 0 Å². The highest BCUT2D eigenvalue weighted by Gasteiger charge is 2.24. The lowest BCUT2D eigenvalue weighted by molar-refractivity contribution is 0.123. The van der Waals surface area contributed by atoms with Gasteiger partial charge in [-0.25, -0.2) is 4.79 Å². The summed E-state index contributed by atoms with van der Waals surface area (Å²) in [5.41, 5.74) is 0. The second kappa shape index (κ2) is 7.29. The monoisotopic (exact) mass is 276 g/mol. The Morgan fingerprint density at radius 1 is 1.30 bits per heavy atom. The first-order chi connectivity index (χ1) is 9.66. The number of carbonyl (C=O) groups is 1. The maximum absolute atomic E-state index is 12.3. The average molecular weight is 276 g/mol. The smallest absolute Gasteiger partial charge is 0.410 e. The minimum atomic E-state index is -0.246. The minimum Gasteiger partial charge on any atom is -0.410 e. The molecule has 1 aromatic rings. The molecule has 1 N–H and O–H groups in total.